The minimum atomic E-state index is -3.75. The second-order valence-corrected chi connectivity index (χ2v) is 11.0. The van der Waals surface area contributed by atoms with E-state index >= 15 is 0 Å². The van der Waals surface area contributed by atoms with E-state index in [1.807, 2.05) is 0 Å². The average Bonchev–Trinajstić information content (AvgIpc) is 3.18. The van der Waals surface area contributed by atoms with Crippen LogP contribution >= 0.6 is 45.9 Å². The first-order valence-electron chi connectivity index (χ1n) is 6.81. The summed E-state index contributed by atoms with van der Waals surface area (Å²) in [7, 11) is -3.75. The quantitative estimate of drug-likeness (QED) is 0.487. The summed E-state index contributed by atoms with van der Waals surface area (Å²) in [5.74, 6) is 0. The van der Waals surface area contributed by atoms with Gasteiger partial charge in [-0.25, -0.2) is 16.9 Å². The van der Waals surface area contributed by atoms with E-state index in [0.717, 1.165) is 22.7 Å². The molecule has 3 aromatic rings. The maximum absolute atomic E-state index is 12.3. The smallest absolute Gasteiger partial charge is 0.271 e. The average molecular weight is 469 g/mol. The first-order valence-corrected chi connectivity index (χ1v) is 11.7. The molecule has 2 heterocycles. The maximum Gasteiger partial charge on any atom is 0.271 e. The second-order valence-electron chi connectivity index (χ2n) is 4.81. The molecule has 2 N–H and O–H groups in total. The van der Waals surface area contributed by atoms with Crippen LogP contribution in [0, 0.1) is 0 Å². The summed E-state index contributed by atoms with van der Waals surface area (Å²) in [6, 6.07) is 12.2. The molecule has 26 heavy (non-hydrogen) atoms. The van der Waals surface area contributed by atoms with Crippen LogP contribution in [0.2, 0.25) is 8.67 Å². The zero-order valence-corrected chi connectivity index (χ0v) is 17.4. The third-order valence-corrected chi connectivity index (χ3v) is 8.24. The highest BCUT2D eigenvalue weighted by molar-refractivity contribution is 7.94. The molecule has 12 heteroatoms. The molecule has 0 spiro atoms. The standard InChI is InChI=1S/C14H10Cl2N2O4S4/c15-11-5-7-13(23-11)18(25(19)20)10-3-1-9(2-4-10)17-26(21,22)14-8-6-12(16)24-14/h1-8,17H,(H,19,20). The lowest BCUT2D eigenvalue weighted by molar-refractivity contribution is 0.564. The van der Waals surface area contributed by atoms with Gasteiger partial charge in [0, 0.05) is 5.69 Å². The van der Waals surface area contributed by atoms with E-state index in [1.165, 1.54) is 40.7 Å². The van der Waals surface area contributed by atoms with Gasteiger partial charge in [0.15, 0.2) is 0 Å². The van der Waals surface area contributed by atoms with Crippen molar-refractivity contribution in [3.8, 4) is 0 Å². The predicted molar refractivity (Wildman–Crippen MR) is 109 cm³/mol. The van der Waals surface area contributed by atoms with Gasteiger partial charge in [0.1, 0.15) is 9.21 Å². The van der Waals surface area contributed by atoms with Crippen molar-refractivity contribution in [1.82, 2.24) is 0 Å². The number of benzene rings is 1. The zero-order valence-electron chi connectivity index (χ0n) is 12.6. The lowest BCUT2D eigenvalue weighted by Crippen LogP contribution is -2.18. The van der Waals surface area contributed by atoms with Gasteiger partial charge in [-0.3, -0.25) is 9.27 Å². The highest BCUT2D eigenvalue weighted by atomic mass is 35.5. The highest BCUT2D eigenvalue weighted by Gasteiger charge is 2.19. The van der Waals surface area contributed by atoms with Gasteiger partial charge in [-0.15, -0.1) is 22.7 Å². The van der Waals surface area contributed by atoms with Crippen molar-refractivity contribution in [2.24, 2.45) is 0 Å². The summed E-state index contributed by atoms with van der Waals surface area (Å²) >= 11 is 11.4. The molecule has 1 atom stereocenters. The molecule has 0 saturated carbocycles. The molecular formula is C14H10Cl2N2O4S4. The normalized spacial score (nSPS) is 12.7. The molecular weight excluding hydrogens is 459 g/mol. The van der Waals surface area contributed by atoms with Crippen molar-refractivity contribution >= 4 is 83.5 Å². The molecule has 1 aromatic carbocycles. The monoisotopic (exact) mass is 468 g/mol. The second kappa shape index (κ2) is 7.85. The molecule has 0 saturated heterocycles. The van der Waals surface area contributed by atoms with Crippen LogP contribution in [0.3, 0.4) is 0 Å². The van der Waals surface area contributed by atoms with Crippen LogP contribution in [-0.2, 0) is 21.3 Å². The third-order valence-electron chi connectivity index (χ3n) is 3.08. The number of nitrogens with one attached hydrogen (secondary N) is 1. The number of halogens is 2. The Morgan fingerprint density at radius 1 is 0.962 bits per heavy atom. The number of hydrogen-bond donors (Lipinski definition) is 2. The number of hydrogen-bond acceptors (Lipinski definition) is 5. The lowest BCUT2D eigenvalue weighted by Gasteiger charge is -2.18. The summed E-state index contributed by atoms with van der Waals surface area (Å²) in [5.41, 5.74) is 0.720. The number of rotatable bonds is 6. The van der Waals surface area contributed by atoms with E-state index < -0.39 is 21.3 Å². The topological polar surface area (TPSA) is 86.7 Å². The van der Waals surface area contributed by atoms with Crippen LogP contribution in [0.5, 0.6) is 0 Å². The zero-order chi connectivity index (χ0) is 18.9. The van der Waals surface area contributed by atoms with E-state index in [0.29, 0.717) is 25.0 Å². The fraction of sp³-hybridized carbons (Fsp3) is 0. The van der Waals surface area contributed by atoms with Crippen molar-refractivity contribution in [2.75, 3.05) is 9.03 Å². The predicted octanol–water partition coefficient (Wildman–Crippen LogP) is 5.19. The Labute approximate surface area is 170 Å². The van der Waals surface area contributed by atoms with Crippen LogP contribution < -0.4 is 9.03 Å². The molecule has 0 bridgehead atoms. The first-order chi connectivity index (χ1) is 12.3. The Kier molecular flexibility index (Phi) is 5.92. The summed E-state index contributed by atoms with van der Waals surface area (Å²) in [6.45, 7) is 0. The fourth-order valence-electron chi connectivity index (χ4n) is 2.02. The molecule has 3 rings (SSSR count). The van der Waals surface area contributed by atoms with Gasteiger partial charge in [-0.2, -0.15) is 0 Å². The summed E-state index contributed by atoms with van der Waals surface area (Å²) in [6.07, 6.45) is 0. The lowest BCUT2D eigenvalue weighted by atomic mass is 10.3. The summed E-state index contributed by atoms with van der Waals surface area (Å²) in [5, 5.41) is 0.484. The number of nitrogens with zero attached hydrogens (tertiary/aromatic N) is 1. The number of thiophene rings is 2. The molecule has 2 aromatic heterocycles. The minimum absolute atomic E-state index is 0.0953. The Morgan fingerprint density at radius 2 is 1.58 bits per heavy atom. The highest BCUT2D eigenvalue weighted by Crippen LogP contribution is 2.36. The Bertz CT molecular complexity index is 1050. The maximum atomic E-state index is 12.3. The molecule has 0 amide bonds. The van der Waals surface area contributed by atoms with Gasteiger partial charge in [-0.05, 0) is 48.5 Å². The Morgan fingerprint density at radius 3 is 2.08 bits per heavy atom. The summed E-state index contributed by atoms with van der Waals surface area (Å²) in [4.78, 5) is 0. The molecule has 6 nitrogen and oxygen atoms in total. The number of anilines is 3. The van der Waals surface area contributed by atoms with E-state index in [1.54, 1.807) is 12.1 Å². The first kappa shape index (κ1) is 19.6. The van der Waals surface area contributed by atoms with Crippen molar-refractivity contribution in [2.45, 2.75) is 4.21 Å². The van der Waals surface area contributed by atoms with Crippen LogP contribution in [0.25, 0.3) is 0 Å². The Hall–Kier alpha value is -1.14. The van der Waals surface area contributed by atoms with Gasteiger partial charge in [0.25, 0.3) is 21.3 Å². The van der Waals surface area contributed by atoms with Crippen molar-refractivity contribution in [3.05, 3.63) is 57.2 Å². The van der Waals surface area contributed by atoms with Crippen LogP contribution in [-0.4, -0.2) is 17.2 Å². The van der Waals surface area contributed by atoms with E-state index in [4.69, 9.17) is 23.2 Å². The fourth-order valence-corrected chi connectivity index (χ4v) is 6.34. The molecule has 0 radical (unpaired) electrons. The van der Waals surface area contributed by atoms with Crippen molar-refractivity contribution in [3.63, 3.8) is 0 Å². The van der Waals surface area contributed by atoms with E-state index in [2.05, 4.69) is 4.72 Å². The minimum Gasteiger partial charge on any atom is -0.289 e. The van der Waals surface area contributed by atoms with Gasteiger partial charge in [0.2, 0.25) is 0 Å². The number of sulfonamides is 1. The van der Waals surface area contributed by atoms with Gasteiger partial charge in [-0.1, -0.05) is 23.2 Å². The van der Waals surface area contributed by atoms with Gasteiger partial charge in [0.05, 0.1) is 14.4 Å². The van der Waals surface area contributed by atoms with Crippen molar-refractivity contribution < 1.29 is 17.2 Å². The molecule has 1 unspecified atom stereocenters. The van der Waals surface area contributed by atoms with Crippen molar-refractivity contribution in [1.29, 1.82) is 0 Å². The molecule has 0 aliphatic carbocycles. The van der Waals surface area contributed by atoms with Gasteiger partial charge < -0.3 is 0 Å². The third kappa shape index (κ3) is 4.39. The van der Waals surface area contributed by atoms with Crippen LogP contribution in [0.1, 0.15) is 0 Å². The van der Waals surface area contributed by atoms with Gasteiger partial charge >= 0.3 is 0 Å². The van der Waals surface area contributed by atoms with E-state index in [9.17, 15) is 17.2 Å². The van der Waals surface area contributed by atoms with Crippen LogP contribution in [0.4, 0.5) is 16.4 Å². The SMILES string of the molecule is O=S(O)N(c1ccc(NS(=O)(=O)c2ccc(Cl)s2)cc1)c1ccc(Cl)s1. The Balaban J connectivity index is 1.84. The molecule has 0 aliphatic rings. The molecule has 0 fully saturated rings. The van der Waals surface area contributed by atoms with Crippen LogP contribution in [0.15, 0.2) is 52.7 Å². The van der Waals surface area contributed by atoms with E-state index in [-0.39, 0.29) is 4.21 Å². The summed E-state index contributed by atoms with van der Waals surface area (Å²) < 4.78 is 50.4. The largest absolute Gasteiger partial charge is 0.289 e. The molecule has 0 aliphatic heterocycles. The molecule has 138 valence electrons.